The third-order valence-electron chi connectivity index (χ3n) is 6.97. The summed E-state index contributed by atoms with van der Waals surface area (Å²) in [5, 5.41) is 6.38. The number of benzene rings is 2. The topological polar surface area (TPSA) is 85.6 Å². The van der Waals surface area contributed by atoms with Gasteiger partial charge in [0, 0.05) is 17.7 Å². The van der Waals surface area contributed by atoms with E-state index in [0.717, 1.165) is 41.0 Å². The van der Waals surface area contributed by atoms with Crippen LogP contribution in [-0.4, -0.2) is 23.0 Å². The SMILES string of the molecule is O=S(=O)(Nc1cnn2c(C3CCCCC3)c(-c3ccc(OCc4ccccc4)cc3)cnc12)c1cccs1. The van der Waals surface area contributed by atoms with Gasteiger partial charge in [-0.15, -0.1) is 11.3 Å². The van der Waals surface area contributed by atoms with Crippen LogP contribution >= 0.6 is 11.3 Å². The van der Waals surface area contributed by atoms with E-state index in [0.29, 0.717) is 23.9 Å². The van der Waals surface area contributed by atoms with E-state index in [-0.39, 0.29) is 4.21 Å². The highest BCUT2D eigenvalue weighted by Gasteiger charge is 2.26. The van der Waals surface area contributed by atoms with Gasteiger partial charge < -0.3 is 4.74 Å². The number of sulfonamides is 1. The Balaban J connectivity index is 1.34. The Kier molecular flexibility index (Phi) is 6.86. The number of ether oxygens (including phenoxy) is 1. The number of aromatic nitrogens is 3. The van der Waals surface area contributed by atoms with Crippen LogP contribution in [0.4, 0.5) is 5.69 Å². The summed E-state index contributed by atoms with van der Waals surface area (Å²) in [5.41, 5.74) is 5.13. The number of hydrogen-bond donors (Lipinski definition) is 1. The van der Waals surface area contributed by atoms with Crippen molar-refractivity contribution in [3.8, 4) is 16.9 Å². The molecular formula is C29H28N4O3S2. The van der Waals surface area contributed by atoms with Crippen molar-refractivity contribution in [1.29, 1.82) is 0 Å². The Morgan fingerprint density at radius 2 is 1.74 bits per heavy atom. The molecule has 9 heteroatoms. The second-order valence-electron chi connectivity index (χ2n) is 9.52. The lowest BCUT2D eigenvalue weighted by atomic mass is 9.84. The first kappa shape index (κ1) is 24.6. The molecule has 7 nitrogen and oxygen atoms in total. The van der Waals surface area contributed by atoms with Gasteiger partial charge in [0.05, 0.1) is 11.9 Å². The molecule has 1 aliphatic rings. The van der Waals surface area contributed by atoms with Crippen molar-refractivity contribution in [3.63, 3.8) is 0 Å². The summed E-state index contributed by atoms with van der Waals surface area (Å²) in [7, 11) is -3.70. The van der Waals surface area contributed by atoms with Crippen LogP contribution < -0.4 is 9.46 Å². The first-order valence-electron chi connectivity index (χ1n) is 12.8. The summed E-state index contributed by atoms with van der Waals surface area (Å²) in [4.78, 5) is 4.68. The van der Waals surface area contributed by atoms with Crippen LogP contribution in [0.1, 0.15) is 49.3 Å². The van der Waals surface area contributed by atoms with Gasteiger partial charge in [-0.3, -0.25) is 4.72 Å². The molecular weight excluding hydrogens is 516 g/mol. The maximum absolute atomic E-state index is 12.9. The number of thiophene rings is 1. The van der Waals surface area contributed by atoms with Gasteiger partial charge >= 0.3 is 0 Å². The van der Waals surface area contributed by atoms with Gasteiger partial charge in [0.1, 0.15) is 22.3 Å². The largest absolute Gasteiger partial charge is 0.489 e. The molecule has 0 amide bonds. The smallest absolute Gasteiger partial charge is 0.271 e. The molecule has 0 radical (unpaired) electrons. The minimum Gasteiger partial charge on any atom is -0.489 e. The number of hydrogen-bond acceptors (Lipinski definition) is 6. The van der Waals surface area contributed by atoms with E-state index in [1.165, 1.54) is 30.6 Å². The van der Waals surface area contributed by atoms with Gasteiger partial charge in [0.15, 0.2) is 5.65 Å². The molecule has 38 heavy (non-hydrogen) atoms. The van der Waals surface area contributed by atoms with Crippen molar-refractivity contribution in [3.05, 3.63) is 95.8 Å². The Labute approximate surface area is 226 Å². The van der Waals surface area contributed by atoms with E-state index < -0.39 is 10.0 Å². The number of anilines is 1. The van der Waals surface area contributed by atoms with Gasteiger partial charge in [0.25, 0.3) is 10.0 Å². The predicted molar refractivity (Wildman–Crippen MR) is 150 cm³/mol. The Hall–Kier alpha value is -3.69. The lowest BCUT2D eigenvalue weighted by Crippen LogP contribution is -2.14. The first-order valence-corrected chi connectivity index (χ1v) is 15.1. The molecule has 3 aromatic heterocycles. The van der Waals surface area contributed by atoms with Gasteiger partial charge in [-0.2, -0.15) is 5.10 Å². The molecule has 1 aliphatic carbocycles. The van der Waals surface area contributed by atoms with Crippen LogP contribution in [0.25, 0.3) is 16.8 Å². The second-order valence-corrected chi connectivity index (χ2v) is 12.4. The van der Waals surface area contributed by atoms with Crippen molar-refractivity contribution in [1.82, 2.24) is 14.6 Å². The van der Waals surface area contributed by atoms with E-state index in [9.17, 15) is 8.42 Å². The summed E-state index contributed by atoms with van der Waals surface area (Å²) >= 11 is 1.18. The number of rotatable bonds is 8. The van der Waals surface area contributed by atoms with Crippen molar-refractivity contribution in [2.45, 2.75) is 48.8 Å². The lowest BCUT2D eigenvalue weighted by Gasteiger charge is -2.25. The van der Waals surface area contributed by atoms with Crippen LogP contribution in [0, 0.1) is 0 Å². The molecule has 1 fully saturated rings. The molecule has 0 unspecified atom stereocenters. The van der Waals surface area contributed by atoms with E-state index in [2.05, 4.69) is 26.9 Å². The Morgan fingerprint density at radius 1 is 0.947 bits per heavy atom. The van der Waals surface area contributed by atoms with Crippen molar-refractivity contribution in [2.75, 3.05) is 4.72 Å². The molecule has 0 bridgehead atoms. The molecule has 1 saturated carbocycles. The zero-order valence-electron chi connectivity index (χ0n) is 20.8. The van der Waals surface area contributed by atoms with Crippen LogP contribution in [0.15, 0.2) is 88.7 Å². The highest BCUT2D eigenvalue weighted by Crippen LogP contribution is 2.39. The Morgan fingerprint density at radius 3 is 2.47 bits per heavy atom. The summed E-state index contributed by atoms with van der Waals surface area (Å²) in [5.74, 6) is 1.12. The van der Waals surface area contributed by atoms with Crippen molar-refractivity contribution >= 4 is 32.7 Å². The highest BCUT2D eigenvalue weighted by atomic mass is 32.2. The minimum atomic E-state index is -3.70. The normalized spacial score (nSPS) is 14.5. The highest BCUT2D eigenvalue weighted by molar-refractivity contribution is 7.94. The maximum Gasteiger partial charge on any atom is 0.271 e. The van der Waals surface area contributed by atoms with Gasteiger partial charge in [0.2, 0.25) is 0 Å². The van der Waals surface area contributed by atoms with E-state index in [1.54, 1.807) is 23.7 Å². The summed E-state index contributed by atoms with van der Waals surface area (Å²) < 4.78 is 36.5. The van der Waals surface area contributed by atoms with Crippen LogP contribution in [0.5, 0.6) is 5.75 Å². The van der Waals surface area contributed by atoms with Gasteiger partial charge in [-0.25, -0.2) is 17.9 Å². The fourth-order valence-corrected chi connectivity index (χ4v) is 7.13. The monoisotopic (exact) mass is 544 g/mol. The summed E-state index contributed by atoms with van der Waals surface area (Å²) in [6.45, 7) is 0.512. The fraction of sp³-hybridized carbons (Fsp3) is 0.241. The summed E-state index contributed by atoms with van der Waals surface area (Å²) in [6, 6.07) is 21.5. The molecule has 5 aromatic rings. The molecule has 0 saturated heterocycles. The fourth-order valence-electron chi connectivity index (χ4n) is 5.09. The van der Waals surface area contributed by atoms with Crippen LogP contribution in [0.3, 0.4) is 0 Å². The average molecular weight is 545 g/mol. The van der Waals surface area contributed by atoms with Gasteiger partial charge in [-0.05, 0) is 47.5 Å². The molecule has 2 aromatic carbocycles. The molecule has 3 heterocycles. The molecule has 1 N–H and O–H groups in total. The van der Waals surface area contributed by atoms with E-state index in [1.807, 2.05) is 53.2 Å². The van der Waals surface area contributed by atoms with Crippen LogP contribution in [-0.2, 0) is 16.6 Å². The number of nitrogens with zero attached hydrogens (tertiary/aromatic N) is 3. The minimum absolute atomic E-state index is 0.260. The molecule has 194 valence electrons. The predicted octanol–water partition coefficient (Wildman–Crippen LogP) is 6.89. The molecule has 6 rings (SSSR count). The molecule has 0 aliphatic heterocycles. The van der Waals surface area contributed by atoms with Gasteiger partial charge in [-0.1, -0.05) is 67.8 Å². The first-order chi connectivity index (χ1) is 18.6. The summed E-state index contributed by atoms with van der Waals surface area (Å²) in [6.07, 6.45) is 9.12. The third-order valence-corrected chi connectivity index (χ3v) is 9.74. The Bertz CT molecular complexity index is 1620. The third kappa shape index (κ3) is 5.04. The van der Waals surface area contributed by atoms with Crippen LogP contribution in [0.2, 0.25) is 0 Å². The quantitative estimate of drug-likeness (QED) is 0.230. The number of nitrogens with one attached hydrogen (secondary N) is 1. The zero-order valence-corrected chi connectivity index (χ0v) is 22.4. The molecule has 0 atom stereocenters. The number of fused-ring (bicyclic) bond motifs is 1. The second kappa shape index (κ2) is 10.6. The zero-order chi connectivity index (χ0) is 26.0. The average Bonchev–Trinajstić information content (AvgIpc) is 3.64. The maximum atomic E-state index is 12.9. The lowest BCUT2D eigenvalue weighted by molar-refractivity contribution is 0.306. The van der Waals surface area contributed by atoms with Crippen molar-refractivity contribution < 1.29 is 13.2 Å². The molecule has 0 spiro atoms. The van der Waals surface area contributed by atoms with E-state index >= 15 is 0 Å². The standard InChI is InChI=1S/C29H28N4O3S2/c34-38(35,27-12-7-17-37-27)32-26-19-31-33-28(23-10-5-2-6-11-23)25(18-30-29(26)33)22-13-15-24(16-14-22)36-20-21-8-3-1-4-9-21/h1,3-4,7-9,12-19,23,32H,2,5-6,10-11,20H2. The van der Waals surface area contributed by atoms with Crippen molar-refractivity contribution in [2.24, 2.45) is 0 Å². The van der Waals surface area contributed by atoms with E-state index in [4.69, 9.17) is 4.74 Å².